The number of halogens is 1. The van der Waals surface area contributed by atoms with Gasteiger partial charge < -0.3 is 16.4 Å². The van der Waals surface area contributed by atoms with Gasteiger partial charge in [0.2, 0.25) is 5.91 Å². The molecule has 0 fully saturated rings. The van der Waals surface area contributed by atoms with Crippen LogP contribution in [0.5, 0.6) is 0 Å². The van der Waals surface area contributed by atoms with Crippen molar-refractivity contribution in [3.05, 3.63) is 28.8 Å². The van der Waals surface area contributed by atoms with Gasteiger partial charge in [-0.2, -0.15) is 0 Å². The van der Waals surface area contributed by atoms with Crippen LogP contribution in [0.1, 0.15) is 31.1 Å². The summed E-state index contributed by atoms with van der Waals surface area (Å²) in [6.45, 7) is 7.84. The van der Waals surface area contributed by atoms with Crippen LogP contribution in [0.4, 0.5) is 5.69 Å². The van der Waals surface area contributed by atoms with Crippen molar-refractivity contribution in [3.8, 4) is 0 Å². The van der Waals surface area contributed by atoms with Crippen molar-refractivity contribution < 1.29 is 4.79 Å². The first-order valence-electron chi connectivity index (χ1n) is 5.88. The monoisotopic (exact) mass is 269 g/mol. The topological polar surface area (TPSA) is 67.2 Å². The Bertz CT molecular complexity index is 427. The molecule has 1 amide bonds. The van der Waals surface area contributed by atoms with Crippen molar-refractivity contribution in [1.82, 2.24) is 5.32 Å². The first-order valence-corrected chi connectivity index (χ1v) is 6.25. The van der Waals surface area contributed by atoms with Crippen LogP contribution in [0.3, 0.4) is 0 Å². The molecule has 1 aromatic rings. The summed E-state index contributed by atoms with van der Waals surface area (Å²) in [6.07, 6.45) is 0. The number of rotatable bonds is 5. The van der Waals surface area contributed by atoms with E-state index in [1.54, 1.807) is 18.2 Å². The number of anilines is 1. The number of benzene rings is 1. The van der Waals surface area contributed by atoms with Crippen LogP contribution in [-0.2, 0) is 0 Å². The molecule has 0 aromatic heterocycles. The van der Waals surface area contributed by atoms with Crippen molar-refractivity contribution in [3.63, 3.8) is 0 Å². The van der Waals surface area contributed by atoms with Crippen LogP contribution in [-0.4, -0.2) is 24.5 Å². The molecule has 0 spiro atoms. The van der Waals surface area contributed by atoms with E-state index in [2.05, 4.69) is 31.4 Å². The molecule has 0 aliphatic carbocycles. The summed E-state index contributed by atoms with van der Waals surface area (Å²) in [5, 5.41) is 7.11. The van der Waals surface area contributed by atoms with E-state index in [0.717, 1.165) is 18.8 Å². The van der Waals surface area contributed by atoms with Gasteiger partial charge in [-0.3, -0.25) is 4.79 Å². The van der Waals surface area contributed by atoms with Gasteiger partial charge in [-0.25, -0.2) is 0 Å². The normalized spacial score (nSPS) is 11.3. The van der Waals surface area contributed by atoms with E-state index < -0.39 is 5.91 Å². The molecule has 0 radical (unpaired) electrons. The maximum atomic E-state index is 11.1. The quantitative estimate of drug-likeness (QED) is 0.718. The minimum atomic E-state index is -0.456. The van der Waals surface area contributed by atoms with E-state index in [1.807, 2.05) is 0 Å². The fourth-order valence-electron chi connectivity index (χ4n) is 1.45. The average molecular weight is 270 g/mol. The lowest BCUT2D eigenvalue weighted by Gasteiger charge is -2.21. The Labute approximate surface area is 113 Å². The molecular formula is C13H20ClN3O. The van der Waals surface area contributed by atoms with Crippen molar-refractivity contribution in [1.29, 1.82) is 0 Å². The number of hydrogen-bond donors (Lipinski definition) is 3. The largest absolute Gasteiger partial charge is 0.383 e. The number of nitrogens with one attached hydrogen (secondary N) is 2. The highest BCUT2D eigenvalue weighted by atomic mass is 35.5. The Morgan fingerprint density at radius 3 is 2.56 bits per heavy atom. The second kappa shape index (κ2) is 6.07. The van der Waals surface area contributed by atoms with Crippen LogP contribution in [0.2, 0.25) is 5.02 Å². The zero-order chi connectivity index (χ0) is 13.8. The van der Waals surface area contributed by atoms with Gasteiger partial charge in [-0.05, 0) is 39.0 Å². The van der Waals surface area contributed by atoms with Crippen LogP contribution in [0.15, 0.2) is 18.2 Å². The molecule has 0 aliphatic rings. The van der Waals surface area contributed by atoms with Crippen LogP contribution in [0, 0.1) is 0 Å². The first kappa shape index (κ1) is 14.8. The number of amides is 1. The van der Waals surface area contributed by atoms with Gasteiger partial charge in [0, 0.05) is 24.2 Å². The fourth-order valence-corrected chi connectivity index (χ4v) is 1.63. The Morgan fingerprint density at radius 2 is 2.00 bits per heavy atom. The SMILES string of the molecule is CC(C)(C)NCCNc1cc(C(N)=O)ccc1Cl. The number of primary amides is 1. The molecule has 0 saturated heterocycles. The Kier molecular flexibility index (Phi) is 4.99. The fraction of sp³-hybridized carbons (Fsp3) is 0.462. The van der Waals surface area contributed by atoms with Crippen molar-refractivity contribution in [2.45, 2.75) is 26.3 Å². The summed E-state index contributed by atoms with van der Waals surface area (Å²) in [5.74, 6) is -0.456. The minimum Gasteiger partial charge on any atom is -0.383 e. The third kappa shape index (κ3) is 4.94. The molecule has 4 N–H and O–H groups in total. The summed E-state index contributed by atoms with van der Waals surface area (Å²) in [6, 6.07) is 4.95. The second-order valence-corrected chi connectivity index (χ2v) is 5.57. The molecule has 4 nitrogen and oxygen atoms in total. The van der Waals surface area contributed by atoms with Crippen molar-refractivity contribution >= 4 is 23.2 Å². The van der Waals surface area contributed by atoms with Crippen LogP contribution >= 0.6 is 11.6 Å². The number of hydrogen-bond acceptors (Lipinski definition) is 3. The van der Waals surface area contributed by atoms with E-state index in [-0.39, 0.29) is 5.54 Å². The Morgan fingerprint density at radius 1 is 1.33 bits per heavy atom. The van der Waals surface area contributed by atoms with Crippen LogP contribution in [0.25, 0.3) is 0 Å². The summed E-state index contributed by atoms with van der Waals surface area (Å²) in [5.41, 5.74) is 6.48. The van der Waals surface area contributed by atoms with E-state index in [9.17, 15) is 4.79 Å². The number of nitrogens with two attached hydrogens (primary N) is 1. The molecule has 0 unspecified atom stereocenters. The highest BCUT2D eigenvalue weighted by Gasteiger charge is 2.08. The van der Waals surface area contributed by atoms with Crippen molar-refractivity contribution in [2.75, 3.05) is 18.4 Å². The third-order valence-corrected chi connectivity index (χ3v) is 2.68. The molecule has 5 heteroatoms. The first-order chi connectivity index (χ1) is 8.29. The highest BCUT2D eigenvalue weighted by molar-refractivity contribution is 6.33. The zero-order valence-electron chi connectivity index (χ0n) is 11.0. The van der Waals surface area contributed by atoms with Crippen LogP contribution < -0.4 is 16.4 Å². The lowest BCUT2D eigenvalue weighted by Crippen LogP contribution is -2.38. The zero-order valence-corrected chi connectivity index (χ0v) is 11.8. The van der Waals surface area contributed by atoms with Gasteiger partial charge in [-0.1, -0.05) is 11.6 Å². The molecule has 0 saturated carbocycles. The Balaban J connectivity index is 2.56. The standard InChI is InChI=1S/C13H20ClN3O/c1-13(2,3)17-7-6-16-11-8-9(12(15)18)4-5-10(11)14/h4-5,8,16-17H,6-7H2,1-3H3,(H2,15,18). The maximum absolute atomic E-state index is 11.1. The second-order valence-electron chi connectivity index (χ2n) is 5.16. The molecule has 18 heavy (non-hydrogen) atoms. The molecular weight excluding hydrogens is 250 g/mol. The van der Waals surface area contributed by atoms with Gasteiger partial charge >= 0.3 is 0 Å². The summed E-state index contributed by atoms with van der Waals surface area (Å²) < 4.78 is 0. The smallest absolute Gasteiger partial charge is 0.248 e. The summed E-state index contributed by atoms with van der Waals surface area (Å²) >= 11 is 6.03. The summed E-state index contributed by atoms with van der Waals surface area (Å²) in [7, 11) is 0. The number of carbonyl (C=O) groups excluding carboxylic acids is 1. The molecule has 1 aromatic carbocycles. The minimum absolute atomic E-state index is 0.0839. The predicted molar refractivity (Wildman–Crippen MR) is 76.2 cm³/mol. The lowest BCUT2D eigenvalue weighted by molar-refractivity contribution is 0.100. The maximum Gasteiger partial charge on any atom is 0.248 e. The van der Waals surface area contributed by atoms with Gasteiger partial charge in [0.15, 0.2) is 0 Å². The number of carbonyl (C=O) groups is 1. The van der Waals surface area contributed by atoms with E-state index in [4.69, 9.17) is 17.3 Å². The van der Waals surface area contributed by atoms with E-state index in [1.165, 1.54) is 0 Å². The molecule has 0 atom stereocenters. The van der Waals surface area contributed by atoms with E-state index in [0.29, 0.717) is 10.6 Å². The summed E-state index contributed by atoms with van der Waals surface area (Å²) in [4.78, 5) is 11.1. The van der Waals surface area contributed by atoms with Crippen molar-refractivity contribution in [2.24, 2.45) is 5.73 Å². The van der Waals surface area contributed by atoms with Gasteiger partial charge in [0.1, 0.15) is 0 Å². The van der Waals surface area contributed by atoms with Gasteiger partial charge in [0.25, 0.3) is 0 Å². The van der Waals surface area contributed by atoms with Gasteiger partial charge in [0.05, 0.1) is 10.7 Å². The molecule has 1 rings (SSSR count). The molecule has 0 aliphatic heterocycles. The van der Waals surface area contributed by atoms with E-state index >= 15 is 0 Å². The molecule has 100 valence electrons. The lowest BCUT2D eigenvalue weighted by atomic mass is 10.1. The average Bonchev–Trinajstić information content (AvgIpc) is 2.24. The predicted octanol–water partition coefficient (Wildman–Crippen LogP) is 2.24. The highest BCUT2D eigenvalue weighted by Crippen LogP contribution is 2.22. The molecule has 0 bridgehead atoms. The third-order valence-electron chi connectivity index (χ3n) is 2.35. The van der Waals surface area contributed by atoms with Gasteiger partial charge in [-0.15, -0.1) is 0 Å². The Hall–Kier alpha value is -1.26. The molecule has 0 heterocycles.